The second-order valence-corrected chi connectivity index (χ2v) is 6.94. The molecule has 0 amide bonds. The van der Waals surface area contributed by atoms with Gasteiger partial charge in [0.25, 0.3) is 0 Å². The fraction of sp³-hybridized carbons (Fsp3) is 0.400. The third-order valence-corrected chi connectivity index (χ3v) is 4.06. The van der Waals surface area contributed by atoms with Gasteiger partial charge in [0, 0.05) is 9.52 Å². The maximum Gasteiger partial charge on any atom is 0.123 e. The van der Waals surface area contributed by atoms with E-state index in [2.05, 4.69) is 0 Å². The molecule has 0 aliphatic carbocycles. The Kier molecular flexibility index (Phi) is 5.34. The summed E-state index contributed by atoms with van der Waals surface area (Å²) < 4.78 is 12.8. The van der Waals surface area contributed by atoms with E-state index in [1.165, 1.54) is 6.07 Å². The lowest BCUT2D eigenvalue weighted by Crippen LogP contribution is -2.40. The summed E-state index contributed by atoms with van der Waals surface area (Å²) in [7, 11) is -0.354. The van der Waals surface area contributed by atoms with Gasteiger partial charge in [-0.05, 0) is 28.9 Å². The van der Waals surface area contributed by atoms with E-state index >= 15 is 0 Å². The molecule has 0 spiro atoms. The standard InChI is InChI=1S/C10H16FNSi.ClH/c1-10(2,12)13-7-8-4-3-5-9(11)6-8;/h3-6H,7,12-13H2,1-2H3;1H. The molecule has 1 rings (SSSR count). The van der Waals surface area contributed by atoms with Crippen LogP contribution in [-0.2, 0) is 6.04 Å². The summed E-state index contributed by atoms with van der Waals surface area (Å²) in [6, 6.07) is 7.75. The van der Waals surface area contributed by atoms with Gasteiger partial charge in [-0.1, -0.05) is 26.0 Å². The predicted octanol–water partition coefficient (Wildman–Crippen LogP) is 1.61. The topological polar surface area (TPSA) is 26.0 Å². The van der Waals surface area contributed by atoms with Crippen molar-refractivity contribution in [2.45, 2.75) is 25.1 Å². The van der Waals surface area contributed by atoms with Gasteiger partial charge < -0.3 is 5.73 Å². The van der Waals surface area contributed by atoms with Crippen LogP contribution in [-0.4, -0.2) is 14.7 Å². The molecule has 0 unspecified atom stereocenters. The molecule has 80 valence electrons. The van der Waals surface area contributed by atoms with Crippen LogP contribution in [0.2, 0.25) is 0 Å². The Balaban J connectivity index is 0.00000169. The Labute approximate surface area is 93.1 Å². The van der Waals surface area contributed by atoms with Gasteiger partial charge in [-0.3, -0.25) is 0 Å². The predicted molar refractivity (Wildman–Crippen MR) is 64.2 cm³/mol. The van der Waals surface area contributed by atoms with Crippen LogP contribution < -0.4 is 5.73 Å². The molecular formula is C10H17ClFNSi. The minimum absolute atomic E-state index is 0. The molecule has 0 bridgehead atoms. The normalized spacial score (nSPS) is 11.7. The van der Waals surface area contributed by atoms with Crippen LogP contribution in [0.3, 0.4) is 0 Å². The number of rotatable bonds is 3. The largest absolute Gasteiger partial charge is 0.329 e. The quantitative estimate of drug-likeness (QED) is 0.789. The van der Waals surface area contributed by atoms with Crippen molar-refractivity contribution in [2.24, 2.45) is 5.73 Å². The fourth-order valence-electron chi connectivity index (χ4n) is 1.16. The highest BCUT2D eigenvalue weighted by molar-refractivity contribution is 6.39. The summed E-state index contributed by atoms with van der Waals surface area (Å²) in [6.07, 6.45) is 0. The molecule has 0 radical (unpaired) electrons. The second-order valence-electron chi connectivity index (χ2n) is 4.12. The lowest BCUT2D eigenvalue weighted by Gasteiger charge is -2.17. The van der Waals surface area contributed by atoms with Crippen molar-refractivity contribution >= 4 is 21.9 Å². The fourth-order valence-corrected chi connectivity index (χ4v) is 2.40. The molecule has 1 aromatic carbocycles. The highest BCUT2D eigenvalue weighted by Gasteiger charge is 2.10. The monoisotopic (exact) mass is 233 g/mol. The lowest BCUT2D eigenvalue weighted by atomic mass is 10.2. The summed E-state index contributed by atoms with van der Waals surface area (Å²) in [5, 5.41) is -0.0354. The van der Waals surface area contributed by atoms with E-state index in [0.29, 0.717) is 0 Å². The molecule has 4 heteroatoms. The van der Waals surface area contributed by atoms with E-state index in [9.17, 15) is 4.39 Å². The number of benzene rings is 1. The summed E-state index contributed by atoms with van der Waals surface area (Å²) in [4.78, 5) is 0. The zero-order valence-electron chi connectivity index (χ0n) is 8.59. The molecule has 1 nitrogen and oxygen atoms in total. The zero-order chi connectivity index (χ0) is 9.90. The van der Waals surface area contributed by atoms with Crippen molar-refractivity contribution in [3.63, 3.8) is 0 Å². The first-order valence-electron chi connectivity index (χ1n) is 4.51. The minimum atomic E-state index is -0.354. The Bertz CT molecular complexity index is 286. The van der Waals surface area contributed by atoms with Gasteiger partial charge >= 0.3 is 0 Å². The van der Waals surface area contributed by atoms with Gasteiger partial charge in [0.15, 0.2) is 0 Å². The molecule has 0 aliphatic heterocycles. The first-order valence-corrected chi connectivity index (χ1v) is 6.21. The number of hydrogen-bond donors (Lipinski definition) is 1. The maximum absolute atomic E-state index is 12.8. The molecule has 0 aromatic heterocycles. The van der Waals surface area contributed by atoms with Gasteiger partial charge in [-0.2, -0.15) is 0 Å². The van der Waals surface area contributed by atoms with Gasteiger partial charge in [0.05, 0.1) is 0 Å². The number of hydrogen-bond acceptors (Lipinski definition) is 1. The van der Waals surface area contributed by atoms with E-state index in [-0.39, 0.29) is 32.9 Å². The third kappa shape index (κ3) is 5.37. The zero-order valence-corrected chi connectivity index (χ0v) is 10.8. The Morgan fingerprint density at radius 3 is 2.57 bits per heavy atom. The van der Waals surface area contributed by atoms with Gasteiger partial charge in [-0.25, -0.2) is 4.39 Å². The SMILES string of the molecule is CC(C)(N)[SiH2]Cc1cccc(F)c1.Cl. The highest BCUT2D eigenvalue weighted by Crippen LogP contribution is 2.05. The molecule has 0 aliphatic rings. The van der Waals surface area contributed by atoms with E-state index in [1.54, 1.807) is 12.1 Å². The van der Waals surface area contributed by atoms with Crippen molar-refractivity contribution in [3.8, 4) is 0 Å². The minimum Gasteiger partial charge on any atom is -0.329 e. The van der Waals surface area contributed by atoms with Gasteiger partial charge in [-0.15, -0.1) is 12.4 Å². The summed E-state index contributed by atoms with van der Waals surface area (Å²) in [5.41, 5.74) is 6.96. The molecule has 2 N–H and O–H groups in total. The smallest absolute Gasteiger partial charge is 0.123 e. The van der Waals surface area contributed by atoms with Crippen molar-refractivity contribution in [1.82, 2.24) is 0 Å². The van der Waals surface area contributed by atoms with Crippen molar-refractivity contribution < 1.29 is 4.39 Å². The summed E-state index contributed by atoms with van der Waals surface area (Å²) >= 11 is 0. The maximum atomic E-state index is 12.8. The van der Waals surface area contributed by atoms with Crippen LogP contribution in [0.1, 0.15) is 19.4 Å². The molecule has 0 heterocycles. The van der Waals surface area contributed by atoms with E-state index in [1.807, 2.05) is 19.9 Å². The van der Waals surface area contributed by atoms with E-state index in [0.717, 1.165) is 11.6 Å². The van der Waals surface area contributed by atoms with Gasteiger partial charge in [0.1, 0.15) is 5.82 Å². The Hall–Kier alpha value is -0.383. The molecular weight excluding hydrogens is 217 g/mol. The first-order chi connectivity index (χ1) is 5.97. The van der Waals surface area contributed by atoms with Crippen LogP contribution in [0.5, 0.6) is 0 Å². The second kappa shape index (κ2) is 5.49. The van der Waals surface area contributed by atoms with Crippen LogP contribution >= 0.6 is 12.4 Å². The number of halogens is 2. The van der Waals surface area contributed by atoms with Crippen LogP contribution in [0, 0.1) is 5.82 Å². The van der Waals surface area contributed by atoms with E-state index < -0.39 is 0 Å². The average Bonchev–Trinajstić information content (AvgIpc) is 2.00. The Morgan fingerprint density at radius 1 is 1.43 bits per heavy atom. The average molecular weight is 234 g/mol. The Morgan fingerprint density at radius 2 is 2.07 bits per heavy atom. The van der Waals surface area contributed by atoms with Crippen molar-refractivity contribution in [2.75, 3.05) is 0 Å². The van der Waals surface area contributed by atoms with Crippen LogP contribution in [0.25, 0.3) is 0 Å². The molecule has 0 saturated carbocycles. The summed E-state index contributed by atoms with van der Waals surface area (Å²) in [6.45, 7) is 4.08. The number of nitrogens with two attached hydrogens (primary N) is 1. The summed E-state index contributed by atoms with van der Waals surface area (Å²) in [5.74, 6) is -0.152. The highest BCUT2D eigenvalue weighted by atomic mass is 35.5. The first kappa shape index (κ1) is 13.6. The lowest BCUT2D eigenvalue weighted by molar-refractivity contribution is 0.626. The van der Waals surface area contributed by atoms with Crippen LogP contribution in [0.4, 0.5) is 4.39 Å². The molecule has 14 heavy (non-hydrogen) atoms. The van der Waals surface area contributed by atoms with E-state index in [4.69, 9.17) is 5.73 Å². The molecule has 0 saturated heterocycles. The van der Waals surface area contributed by atoms with Crippen molar-refractivity contribution in [1.29, 1.82) is 0 Å². The van der Waals surface area contributed by atoms with Crippen LogP contribution in [0.15, 0.2) is 24.3 Å². The van der Waals surface area contributed by atoms with Gasteiger partial charge in [0.2, 0.25) is 0 Å². The molecule has 1 aromatic rings. The third-order valence-electron chi connectivity index (χ3n) is 1.95. The molecule has 0 fully saturated rings. The molecule has 0 atom stereocenters. The van der Waals surface area contributed by atoms with Crippen molar-refractivity contribution in [3.05, 3.63) is 35.6 Å².